The second kappa shape index (κ2) is 9.34. The molecule has 0 aliphatic rings. The summed E-state index contributed by atoms with van der Waals surface area (Å²) < 4.78 is 5.74. The molecule has 0 aliphatic heterocycles. The van der Waals surface area contributed by atoms with Crippen molar-refractivity contribution in [3.8, 4) is 11.4 Å². The number of halogens is 3. The first-order chi connectivity index (χ1) is 15.0. The number of hydrazone groups is 1. The van der Waals surface area contributed by atoms with Gasteiger partial charge >= 0.3 is 6.02 Å². The van der Waals surface area contributed by atoms with E-state index in [2.05, 4.69) is 37.2 Å². The zero-order valence-electron chi connectivity index (χ0n) is 15.9. The number of benzene rings is 2. The van der Waals surface area contributed by atoms with Crippen molar-refractivity contribution in [2.45, 2.75) is 6.61 Å². The lowest BCUT2D eigenvalue weighted by molar-refractivity contribution is 0.278. The van der Waals surface area contributed by atoms with E-state index < -0.39 is 0 Å². The van der Waals surface area contributed by atoms with E-state index in [1.807, 2.05) is 18.2 Å². The summed E-state index contributed by atoms with van der Waals surface area (Å²) in [6, 6.07) is 14.5. The fourth-order valence-electron chi connectivity index (χ4n) is 2.84. The van der Waals surface area contributed by atoms with E-state index in [-0.39, 0.29) is 12.6 Å². The summed E-state index contributed by atoms with van der Waals surface area (Å²) in [6.07, 6.45) is 1.49. The SMILES string of the molecule is C=NNC(=Nc1ccc(Cl)cn1)OCc1ccc2nc(-c3c(Cl)cccc3Cl)[nH]c2c1. The number of aromatic nitrogens is 3. The molecule has 0 atom stereocenters. The van der Waals surface area contributed by atoms with E-state index >= 15 is 0 Å². The molecular weight excluding hydrogens is 459 g/mol. The molecule has 0 saturated heterocycles. The highest BCUT2D eigenvalue weighted by atomic mass is 35.5. The van der Waals surface area contributed by atoms with Crippen molar-refractivity contribution in [2.75, 3.05) is 0 Å². The van der Waals surface area contributed by atoms with Gasteiger partial charge in [0.2, 0.25) is 0 Å². The molecule has 10 heteroatoms. The van der Waals surface area contributed by atoms with Crippen LogP contribution in [0.15, 0.2) is 64.8 Å². The lowest BCUT2D eigenvalue weighted by Crippen LogP contribution is -2.20. The van der Waals surface area contributed by atoms with Crippen LogP contribution in [0.2, 0.25) is 15.1 Å². The van der Waals surface area contributed by atoms with Crippen molar-refractivity contribution >= 4 is 64.4 Å². The summed E-state index contributed by atoms with van der Waals surface area (Å²) >= 11 is 18.4. The fourth-order valence-corrected chi connectivity index (χ4v) is 3.52. The van der Waals surface area contributed by atoms with Gasteiger partial charge in [0.05, 0.1) is 31.7 Å². The van der Waals surface area contributed by atoms with Crippen molar-refractivity contribution in [2.24, 2.45) is 10.1 Å². The van der Waals surface area contributed by atoms with E-state index in [1.54, 1.807) is 30.3 Å². The number of H-pyrrole nitrogens is 1. The second-order valence-electron chi connectivity index (χ2n) is 6.34. The highest BCUT2D eigenvalue weighted by Crippen LogP contribution is 2.33. The van der Waals surface area contributed by atoms with E-state index in [0.29, 0.717) is 32.3 Å². The molecule has 0 saturated carbocycles. The van der Waals surface area contributed by atoms with Gasteiger partial charge in [-0.3, -0.25) is 0 Å². The van der Waals surface area contributed by atoms with Crippen molar-refractivity contribution in [1.82, 2.24) is 20.4 Å². The van der Waals surface area contributed by atoms with Gasteiger partial charge < -0.3 is 9.72 Å². The van der Waals surface area contributed by atoms with Crippen LogP contribution in [0.3, 0.4) is 0 Å². The number of amidine groups is 1. The first kappa shape index (κ1) is 21.1. The van der Waals surface area contributed by atoms with Gasteiger partial charge in [-0.25, -0.2) is 15.4 Å². The maximum atomic E-state index is 6.30. The summed E-state index contributed by atoms with van der Waals surface area (Å²) in [4.78, 5) is 16.2. The van der Waals surface area contributed by atoms with Gasteiger partial charge in [-0.2, -0.15) is 10.1 Å². The monoisotopic (exact) mass is 472 g/mol. The van der Waals surface area contributed by atoms with Crippen molar-refractivity contribution in [3.05, 3.63) is 75.4 Å². The minimum Gasteiger partial charge on any atom is -0.459 e. The minimum absolute atomic E-state index is 0.151. The van der Waals surface area contributed by atoms with Crippen molar-refractivity contribution in [1.29, 1.82) is 0 Å². The Balaban J connectivity index is 1.55. The van der Waals surface area contributed by atoms with Gasteiger partial charge in [0.25, 0.3) is 0 Å². The smallest absolute Gasteiger partial charge is 0.312 e. The summed E-state index contributed by atoms with van der Waals surface area (Å²) in [5.74, 6) is 1.01. The molecule has 0 radical (unpaired) electrons. The molecule has 2 aromatic carbocycles. The Bertz CT molecular complexity index is 1250. The zero-order chi connectivity index (χ0) is 21.8. The van der Waals surface area contributed by atoms with Gasteiger partial charge in [-0.05, 0) is 42.0 Å². The number of aromatic amines is 1. The average Bonchev–Trinajstić information content (AvgIpc) is 3.16. The first-order valence-electron chi connectivity index (χ1n) is 9.01. The third-order valence-electron chi connectivity index (χ3n) is 4.22. The molecular formula is C21H15Cl3N6O. The molecule has 4 aromatic rings. The summed E-state index contributed by atoms with van der Waals surface area (Å²) in [5, 5.41) is 5.18. The van der Waals surface area contributed by atoms with Gasteiger partial charge in [-0.15, -0.1) is 0 Å². The molecule has 0 fully saturated rings. The molecule has 7 nitrogen and oxygen atoms in total. The molecule has 0 amide bonds. The van der Waals surface area contributed by atoms with Crippen LogP contribution in [0, 0.1) is 0 Å². The second-order valence-corrected chi connectivity index (χ2v) is 7.59. The Kier molecular flexibility index (Phi) is 6.36. The Hall–Kier alpha value is -3.13. The normalized spacial score (nSPS) is 11.5. The van der Waals surface area contributed by atoms with Gasteiger partial charge in [-0.1, -0.05) is 46.9 Å². The summed E-state index contributed by atoms with van der Waals surface area (Å²) in [6.45, 7) is 3.63. The summed E-state index contributed by atoms with van der Waals surface area (Å²) in [7, 11) is 0. The number of hydrogen-bond acceptors (Lipinski definition) is 5. The lowest BCUT2D eigenvalue weighted by atomic mass is 10.2. The highest BCUT2D eigenvalue weighted by Gasteiger charge is 2.13. The first-order valence-corrected chi connectivity index (χ1v) is 10.1. The molecule has 0 spiro atoms. The Labute approximate surface area is 192 Å². The molecule has 2 N–H and O–H groups in total. The Morgan fingerprint density at radius 3 is 2.61 bits per heavy atom. The average molecular weight is 474 g/mol. The van der Waals surface area contributed by atoms with Crippen LogP contribution in [0.4, 0.5) is 5.82 Å². The van der Waals surface area contributed by atoms with Crippen molar-refractivity contribution < 1.29 is 4.74 Å². The standard InChI is InChI=1S/C21H15Cl3N6O/c1-25-30-21(29-18-8-6-13(22)10-26-18)31-11-12-5-7-16-17(9-12)28-20(27-16)19-14(23)3-2-4-15(19)24/h2-10H,1,11H2,(H,27,28)(H,26,29,30). The van der Waals surface area contributed by atoms with E-state index in [9.17, 15) is 0 Å². The number of aliphatic imine (C=N–C) groups is 1. The third-order valence-corrected chi connectivity index (χ3v) is 5.08. The molecule has 0 aliphatic carbocycles. The van der Waals surface area contributed by atoms with Crippen LogP contribution in [0.1, 0.15) is 5.56 Å². The number of fused-ring (bicyclic) bond motifs is 1. The number of hydrogen-bond donors (Lipinski definition) is 2. The Morgan fingerprint density at radius 2 is 1.90 bits per heavy atom. The largest absolute Gasteiger partial charge is 0.459 e. The zero-order valence-corrected chi connectivity index (χ0v) is 18.2. The lowest BCUT2D eigenvalue weighted by Gasteiger charge is -2.08. The van der Waals surface area contributed by atoms with E-state index in [4.69, 9.17) is 39.5 Å². The summed E-state index contributed by atoms with van der Waals surface area (Å²) in [5.41, 5.74) is 5.75. The van der Waals surface area contributed by atoms with Crippen LogP contribution < -0.4 is 5.43 Å². The van der Waals surface area contributed by atoms with Crippen LogP contribution >= 0.6 is 34.8 Å². The maximum absolute atomic E-state index is 6.30. The number of nitrogens with one attached hydrogen (secondary N) is 2. The molecule has 156 valence electrons. The third kappa shape index (κ3) is 4.96. The number of rotatable bonds is 5. The van der Waals surface area contributed by atoms with Crippen LogP contribution in [0.5, 0.6) is 0 Å². The number of nitrogens with zero attached hydrogens (tertiary/aromatic N) is 4. The quantitative estimate of drug-likeness (QED) is 0.211. The van der Waals surface area contributed by atoms with Crippen LogP contribution in [-0.4, -0.2) is 27.7 Å². The van der Waals surface area contributed by atoms with Gasteiger partial charge in [0.15, 0.2) is 5.82 Å². The minimum atomic E-state index is 0.151. The molecule has 0 bridgehead atoms. The van der Waals surface area contributed by atoms with Crippen LogP contribution in [-0.2, 0) is 11.3 Å². The predicted molar refractivity (Wildman–Crippen MR) is 125 cm³/mol. The molecule has 0 unspecified atom stereocenters. The van der Waals surface area contributed by atoms with Gasteiger partial charge in [0, 0.05) is 12.9 Å². The molecule has 2 aromatic heterocycles. The predicted octanol–water partition coefficient (Wildman–Crippen LogP) is 5.99. The number of imidazole rings is 1. The van der Waals surface area contributed by atoms with Crippen LogP contribution in [0.25, 0.3) is 22.4 Å². The van der Waals surface area contributed by atoms with Crippen molar-refractivity contribution in [3.63, 3.8) is 0 Å². The Morgan fingerprint density at radius 1 is 1.10 bits per heavy atom. The molecule has 4 rings (SSSR count). The molecule has 2 heterocycles. The highest BCUT2D eigenvalue weighted by molar-refractivity contribution is 6.39. The molecule has 31 heavy (non-hydrogen) atoms. The van der Waals surface area contributed by atoms with E-state index in [0.717, 1.165) is 16.6 Å². The number of pyridine rings is 1. The topological polar surface area (TPSA) is 87.6 Å². The number of ether oxygens (including phenoxy) is 1. The van der Waals surface area contributed by atoms with E-state index in [1.165, 1.54) is 6.20 Å². The maximum Gasteiger partial charge on any atom is 0.312 e. The van der Waals surface area contributed by atoms with Gasteiger partial charge in [0.1, 0.15) is 12.4 Å². The fraction of sp³-hybridized carbons (Fsp3) is 0.0476.